The molecule has 5 nitrogen and oxygen atoms in total. The fourth-order valence-corrected chi connectivity index (χ4v) is 4.25. The summed E-state index contributed by atoms with van der Waals surface area (Å²) >= 11 is 0. The Bertz CT molecular complexity index is 761. The maximum Gasteiger partial charge on any atom is 0.131 e. The second-order valence-electron chi connectivity index (χ2n) is 7.29. The third-order valence-corrected chi connectivity index (χ3v) is 5.53. The highest BCUT2D eigenvalue weighted by molar-refractivity contribution is 5.50. The van der Waals surface area contributed by atoms with Crippen molar-refractivity contribution >= 4 is 5.82 Å². The normalized spacial score (nSPS) is 20.1. The van der Waals surface area contributed by atoms with Gasteiger partial charge in [0, 0.05) is 38.3 Å². The lowest BCUT2D eigenvalue weighted by atomic mass is 10.1. The highest BCUT2D eigenvalue weighted by Gasteiger charge is 2.25. The van der Waals surface area contributed by atoms with E-state index in [1.165, 1.54) is 40.9 Å². The molecule has 1 N–H and O–H groups in total. The van der Waals surface area contributed by atoms with Crippen molar-refractivity contribution in [1.82, 2.24) is 15.1 Å². The number of fused-ring (bicyclic) bond motifs is 1. The van der Waals surface area contributed by atoms with Crippen molar-refractivity contribution in [3.63, 3.8) is 0 Å². The van der Waals surface area contributed by atoms with Gasteiger partial charge in [-0.25, -0.2) is 0 Å². The molecule has 2 aromatic rings. The van der Waals surface area contributed by atoms with Gasteiger partial charge in [-0.2, -0.15) is 5.10 Å². The Morgan fingerprint density at radius 1 is 1.24 bits per heavy atom. The van der Waals surface area contributed by atoms with E-state index in [1.54, 1.807) is 0 Å². The van der Waals surface area contributed by atoms with Gasteiger partial charge in [0.25, 0.3) is 0 Å². The average molecular weight is 340 g/mol. The van der Waals surface area contributed by atoms with Crippen LogP contribution < -0.4 is 10.2 Å². The molecular formula is C20H28N4O. The Kier molecular flexibility index (Phi) is 4.52. The van der Waals surface area contributed by atoms with Gasteiger partial charge in [0.15, 0.2) is 0 Å². The Labute approximate surface area is 150 Å². The molecule has 0 radical (unpaired) electrons. The molecule has 134 valence electrons. The highest BCUT2D eigenvalue weighted by Crippen LogP contribution is 2.33. The van der Waals surface area contributed by atoms with Crippen LogP contribution in [0.2, 0.25) is 0 Å². The third-order valence-electron chi connectivity index (χ3n) is 5.53. The summed E-state index contributed by atoms with van der Waals surface area (Å²) in [6.45, 7) is 8.64. The van der Waals surface area contributed by atoms with Crippen LogP contribution in [0.1, 0.15) is 40.4 Å². The van der Waals surface area contributed by atoms with Crippen molar-refractivity contribution in [3.05, 3.63) is 46.1 Å². The zero-order chi connectivity index (χ0) is 17.4. The lowest BCUT2D eigenvalue weighted by molar-refractivity contribution is 0.122. The Hall–Kier alpha value is -1.85. The molecule has 1 aliphatic carbocycles. The number of hydrogen-bond acceptors (Lipinski definition) is 4. The monoisotopic (exact) mass is 340 g/mol. The first-order valence-electron chi connectivity index (χ1n) is 9.31. The first-order chi connectivity index (χ1) is 12.1. The predicted octanol–water partition coefficient (Wildman–Crippen LogP) is 2.65. The van der Waals surface area contributed by atoms with Crippen LogP contribution >= 0.6 is 0 Å². The molecule has 1 unspecified atom stereocenters. The molecule has 2 aliphatic rings. The van der Waals surface area contributed by atoms with E-state index in [1.807, 2.05) is 4.68 Å². The topological polar surface area (TPSA) is 42.3 Å². The molecular weight excluding hydrogens is 312 g/mol. The summed E-state index contributed by atoms with van der Waals surface area (Å²) in [4.78, 5) is 2.41. The summed E-state index contributed by atoms with van der Waals surface area (Å²) in [6.07, 6.45) is 2.36. The zero-order valence-corrected chi connectivity index (χ0v) is 15.5. The minimum atomic E-state index is 0.452. The first-order valence-corrected chi connectivity index (χ1v) is 9.31. The van der Waals surface area contributed by atoms with Gasteiger partial charge in [-0.1, -0.05) is 23.8 Å². The van der Waals surface area contributed by atoms with E-state index in [4.69, 9.17) is 4.74 Å². The minimum absolute atomic E-state index is 0.452. The summed E-state index contributed by atoms with van der Waals surface area (Å²) in [5.74, 6) is 1.25. The molecule has 1 aromatic heterocycles. The number of morpholine rings is 1. The van der Waals surface area contributed by atoms with E-state index < -0.39 is 0 Å². The number of aryl methyl sites for hydroxylation is 4. The van der Waals surface area contributed by atoms with E-state index >= 15 is 0 Å². The number of ether oxygens (including phenoxy) is 1. The largest absolute Gasteiger partial charge is 0.378 e. The first kappa shape index (κ1) is 16.6. The number of nitrogens with zero attached hydrogens (tertiary/aromatic N) is 3. The van der Waals surface area contributed by atoms with Gasteiger partial charge in [0.2, 0.25) is 0 Å². The van der Waals surface area contributed by atoms with Crippen LogP contribution in [-0.2, 0) is 24.8 Å². The number of anilines is 1. The molecule has 0 saturated carbocycles. The molecule has 0 amide bonds. The fraction of sp³-hybridized carbons (Fsp3) is 0.550. The van der Waals surface area contributed by atoms with Crippen molar-refractivity contribution in [2.75, 3.05) is 31.2 Å². The standard InChI is InChI=1S/C20H28N4O/c1-14-4-6-17-16(12-14)5-7-19(17)21-13-18-15(2)22-23(3)20(18)24-8-10-25-11-9-24/h4,6,12,19,21H,5,7-11,13H2,1-3H3. The van der Waals surface area contributed by atoms with Gasteiger partial charge >= 0.3 is 0 Å². The number of rotatable bonds is 4. The molecule has 25 heavy (non-hydrogen) atoms. The second-order valence-corrected chi connectivity index (χ2v) is 7.29. The van der Waals surface area contributed by atoms with Gasteiger partial charge in [-0.05, 0) is 37.8 Å². The van der Waals surface area contributed by atoms with Crippen LogP contribution in [0.15, 0.2) is 18.2 Å². The van der Waals surface area contributed by atoms with Gasteiger partial charge in [0.1, 0.15) is 5.82 Å². The van der Waals surface area contributed by atoms with E-state index in [0.717, 1.165) is 38.5 Å². The Balaban J connectivity index is 1.52. The van der Waals surface area contributed by atoms with E-state index in [2.05, 4.69) is 54.4 Å². The summed E-state index contributed by atoms with van der Waals surface area (Å²) in [5.41, 5.74) is 6.79. The molecule has 0 spiro atoms. The van der Waals surface area contributed by atoms with E-state index in [0.29, 0.717) is 6.04 Å². The van der Waals surface area contributed by atoms with Crippen molar-refractivity contribution in [1.29, 1.82) is 0 Å². The number of hydrogen-bond donors (Lipinski definition) is 1. The molecule has 1 atom stereocenters. The highest BCUT2D eigenvalue weighted by atomic mass is 16.5. The number of benzene rings is 1. The van der Waals surface area contributed by atoms with Crippen LogP contribution in [-0.4, -0.2) is 36.1 Å². The molecule has 1 aliphatic heterocycles. The van der Waals surface area contributed by atoms with Gasteiger partial charge in [0.05, 0.1) is 18.9 Å². The SMILES string of the molecule is Cc1ccc2c(c1)CCC2NCc1c(C)nn(C)c1N1CCOCC1. The number of nitrogens with one attached hydrogen (secondary N) is 1. The fourth-order valence-electron chi connectivity index (χ4n) is 4.25. The maximum absolute atomic E-state index is 5.51. The quantitative estimate of drug-likeness (QED) is 0.929. The maximum atomic E-state index is 5.51. The molecule has 1 saturated heterocycles. The van der Waals surface area contributed by atoms with Gasteiger partial charge < -0.3 is 15.0 Å². The predicted molar refractivity (Wildman–Crippen MR) is 100 cm³/mol. The minimum Gasteiger partial charge on any atom is -0.378 e. The lowest BCUT2D eigenvalue weighted by Gasteiger charge is -2.30. The molecule has 1 aromatic carbocycles. The van der Waals surface area contributed by atoms with E-state index in [-0.39, 0.29) is 0 Å². The molecule has 2 heterocycles. The number of aromatic nitrogens is 2. The smallest absolute Gasteiger partial charge is 0.131 e. The molecule has 1 fully saturated rings. The lowest BCUT2D eigenvalue weighted by Crippen LogP contribution is -2.38. The van der Waals surface area contributed by atoms with Crippen LogP contribution in [0.25, 0.3) is 0 Å². The van der Waals surface area contributed by atoms with Crippen LogP contribution in [0.3, 0.4) is 0 Å². The zero-order valence-electron chi connectivity index (χ0n) is 15.5. The van der Waals surface area contributed by atoms with Crippen molar-refractivity contribution in [3.8, 4) is 0 Å². The van der Waals surface area contributed by atoms with Gasteiger partial charge in [-0.3, -0.25) is 4.68 Å². The molecule has 4 rings (SSSR count). The second kappa shape index (κ2) is 6.81. The third kappa shape index (κ3) is 3.18. The van der Waals surface area contributed by atoms with Crippen LogP contribution in [0.5, 0.6) is 0 Å². The molecule has 0 bridgehead atoms. The van der Waals surface area contributed by atoms with Crippen LogP contribution in [0, 0.1) is 13.8 Å². The van der Waals surface area contributed by atoms with Crippen LogP contribution in [0.4, 0.5) is 5.82 Å². The van der Waals surface area contributed by atoms with Crippen molar-refractivity contribution in [2.24, 2.45) is 7.05 Å². The summed E-state index contributed by atoms with van der Waals surface area (Å²) < 4.78 is 7.54. The summed E-state index contributed by atoms with van der Waals surface area (Å²) in [5, 5.41) is 8.48. The van der Waals surface area contributed by atoms with Crippen molar-refractivity contribution in [2.45, 2.75) is 39.3 Å². The molecule has 5 heteroatoms. The Morgan fingerprint density at radius 3 is 2.84 bits per heavy atom. The van der Waals surface area contributed by atoms with Gasteiger partial charge in [-0.15, -0.1) is 0 Å². The summed E-state index contributed by atoms with van der Waals surface area (Å²) in [7, 11) is 2.05. The van der Waals surface area contributed by atoms with E-state index in [9.17, 15) is 0 Å². The average Bonchev–Trinajstić information content (AvgIpc) is 3.13. The summed E-state index contributed by atoms with van der Waals surface area (Å²) in [6, 6.07) is 7.32. The Morgan fingerprint density at radius 2 is 2.04 bits per heavy atom. The van der Waals surface area contributed by atoms with Crippen molar-refractivity contribution < 1.29 is 4.74 Å².